The van der Waals surface area contributed by atoms with Crippen LogP contribution >= 0.6 is 11.6 Å². The quantitative estimate of drug-likeness (QED) is 0.326. The maximum atomic E-state index is 13.7. The van der Waals surface area contributed by atoms with Crippen LogP contribution in [0.25, 0.3) is 0 Å². The number of nitrogens with zero attached hydrogens (tertiary/aromatic N) is 1. The van der Waals surface area contributed by atoms with Crippen LogP contribution in [0.5, 0.6) is 0 Å². The summed E-state index contributed by atoms with van der Waals surface area (Å²) in [7, 11) is 1.60. The van der Waals surface area contributed by atoms with Crippen molar-refractivity contribution < 1.29 is 19.5 Å². The zero-order valence-corrected chi connectivity index (χ0v) is 20.8. The Morgan fingerprint density at radius 3 is 2.50 bits per heavy atom. The number of allylic oxidation sites excluding steroid dienone is 1. The van der Waals surface area contributed by atoms with Crippen molar-refractivity contribution in [3.05, 3.63) is 41.4 Å². The molecule has 0 radical (unpaired) electrons. The van der Waals surface area contributed by atoms with Gasteiger partial charge in [0, 0.05) is 26.1 Å². The Bertz CT molecular complexity index is 906. The van der Waals surface area contributed by atoms with E-state index >= 15 is 0 Å². The van der Waals surface area contributed by atoms with Gasteiger partial charge in [-0.15, -0.1) is 0 Å². The summed E-state index contributed by atoms with van der Waals surface area (Å²) in [5.41, 5.74) is 0.500. The Hall–Kier alpha value is -2.38. The number of fused-ring (bicyclic) bond motifs is 1. The van der Waals surface area contributed by atoms with Crippen LogP contribution in [-0.4, -0.2) is 54.0 Å². The van der Waals surface area contributed by atoms with Crippen molar-refractivity contribution in [2.75, 3.05) is 25.5 Å². The fourth-order valence-electron chi connectivity index (χ4n) is 5.39. The zero-order chi connectivity index (χ0) is 24.7. The molecule has 0 saturated carbocycles. The van der Waals surface area contributed by atoms with E-state index in [1.165, 1.54) is 0 Å². The number of hydrogen-bond donors (Lipinski definition) is 3. The summed E-state index contributed by atoms with van der Waals surface area (Å²) in [5, 5.41) is 15.1. The van der Waals surface area contributed by atoms with Gasteiger partial charge in [-0.05, 0) is 37.3 Å². The molecule has 3 amide bonds. The van der Waals surface area contributed by atoms with E-state index in [1.54, 1.807) is 36.2 Å². The Morgan fingerprint density at radius 1 is 1.09 bits per heavy atom. The molecule has 1 aromatic rings. The SMILES string of the molecule is CCC[C@@H]1C=C[C@H]2[C@@H](C(=O)N(CCCCCCO)[C@@H]2C(=O)Nc2ccccc2Cl)[C@@H]1C(=O)NC. The van der Waals surface area contributed by atoms with Crippen molar-refractivity contribution in [1.82, 2.24) is 10.2 Å². The second-order valence-electron chi connectivity index (χ2n) is 9.16. The minimum absolute atomic E-state index is 0.0352. The molecule has 3 rings (SSSR count). The maximum absolute atomic E-state index is 13.7. The van der Waals surface area contributed by atoms with Gasteiger partial charge in [-0.2, -0.15) is 0 Å². The number of likely N-dealkylation sites (tertiary alicyclic amines) is 1. The van der Waals surface area contributed by atoms with Crippen LogP contribution in [-0.2, 0) is 14.4 Å². The third-order valence-corrected chi connectivity index (χ3v) is 7.32. The lowest BCUT2D eigenvalue weighted by Gasteiger charge is -2.34. The Kier molecular flexibility index (Phi) is 9.54. The molecule has 34 heavy (non-hydrogen) atoms. The van der Waals surface area contributed by atoms with E-state index in [2.05, 4.69) is 17.6 Å². The van der Waals surface area contributed by atoms with Crippen molar-refractivity contribution >= 4 is 35.0 Å². The number of aliphatic hydroxyl groups excluding tert-OH is 1. The molecule has 1 aliphatic heterocycles. The molecule has 1 saturated heterocycles. The van der Waals surface area contributed by atoms with Gasteiger partial charge in [-0.1, -0.05) is 62.1 Å². The summed E-state index contributed by atoms with van der Waals surface area (Å²) in [4.78, 5) is 41.9. The molecule has 1 aromatic carbocycles. The summed E-state index contributed by atoms with van der Waals surface area (Å²) < 4.78 is 0. The molecule has 0 unspecified atom stereocenters. The average Bonchev–Trinajstić information content (AvgIpc) is 3.11. The third-order valence-electron chi connectivity index (χ3n) is 6.99. The first-order valence-corrected chi connectivity index (χ1v) is 12.7. The van der Waals surface area contributed by atoms with Gasteiger partial charge in [0.1, 0.15) is 6.04 Å². The lowest BCUT2D eigenvalue weighted by Crippen LogP contribution is -2.45. The normalized spacial score (nSPS) is 25.8. The summed E-state index contributed by atoms with van der Waals surface area (Å²) in [6.07, 6.45) is 8.88. The fraction of sp³-hybridized carbons (Fsp3) is 0.577. The summed E-state index contributed by atoms with van der Waals surface area (Å²) in [5.74, 6) is -2.07. The molecule has 2 aliphatic rings. The van der Waals surface area contributed by atoms with Crippen LogP contribution in [0.2, 0.25) is 5.02 Å². The number of carbonyl (C=O) groups excluding carboxylic acids is 3. The van der Waals surface area contributed by atoms with Gasteiger partial charge in [0.15, 0.2) is 0 Å². The number of anilines is 1. The second kappa shape index (κ2) is 12.4. The van der Waals surface area contributed by atoms with Crippen LogP contribution in [0.15, 0.2) is 36.4 Å². The second-order valence-corrected chi connectivity index (χ2v) is 9.57. The maximum Gasteiger partial charge on any atom is 0.247 e. The molecule has 5 atom stereocenters. The van der Waals surface area contributed by atoms with E-state index in [0.717, 1.165) is 38.5 Å². The van der Waals surface area contributed by atoms with Gasteiger partial charge in [0.25, 0.3) is 0 Å². The van der Waals surface area contributed by atoms with Crippen molar-refractivity contribution in [3.8, 4) is 0 Å². The standard InChI is InChI=1S/C26H36ClN3O4/c1-3-10-17-13-14-18-22(21(17)24(32)28-2)26(34)30(15-8-4-5-9-16-31)23(18)25(33)29-20-12-7-6-11-19(20)27/h6-7,11-14,17-18,21-23,31H,3-5,8-10,15-16H2,1-2H3,(H,28,32)(H,29,33)/t17-,18+,21-,22-,23+/m1/s1. The van der Waals surface area contributed by atoms with E-state index < -0.39 is 17.9 Å². The number of unbranched alkanes of at least 4 members (excludes halogenated alkanes) is 3. The molecule has 1 heterocycles. The minimum Gasteiger partial charge on any atom is -0.396 e. The van der Waals surface area contributed by atoms with Gasteiger partial charge >= 0.3 is 0 Å². The van der Waals surface area contributed by atoms with E-state index in [1.807, 2.05) is 12.2 Å². The lowest BCUT2D eigenvalue weighted by molar-refractivity contribution is -0.140. The van der Waals surface area contributed by atoms with Gasteiger partial charge < -0.3 is 20.6 Å². The molecule has 3 N–H and O–H groups in total. The molecule has 1 aliphatic carbocycles. The van der Waals surface area contributed by atoms with E-state index in [0.29, 0.717) is 17.3 Å². The molecule has 186 valence electrons. The first kappa shape index (κ1) is 26.2. The number of halogens is 1. The summed E-state index contributed by atoms with van der Waals surface area (Å²) in [6.45, 7) is 2.65. The first-order valence-electron chi connectivity index (χ1n) is 12.3. The van der Waals surface area contributed by atoms with E-state index in [9.17, 15) is 14.4 Å². The first-order chi connectivity index (χ1) is 16.4. The van der Waals surface area contributed by atoms with Crippen LogP contribution in [0, 0.1) is 23.7 Å². The number of amides is 3. The third kappa shape index (κ3) is 5.63. The monoisotopic (exact) mass is 489 g/mol. The van der Waals surface area contributed by atoms with E-state index in [-0.39, 0.29) is 36.2 Å². The van der Waals surface area contributed by atoms with Crippen molar-refractivity contribution in [3.63, 3.8) is 0 Å². The molecular formula is C26H36ClN3O4. The Balaban J connectivity index is 1.91. The number of para-hydroxylation sites is 1. The van der Waals surface area contributed by atoms with Crippen LogP contribution in [0.3, 0.4) is 0 Å². The van der Waals surface area contributed by atoms with Crippen molar-refractivity contribution in [1.29, 1.82) is 0 Å². The number of nitrogens with one attached hydrogen (secondary N) is 2. The number of carbonyl (C=O) groups is 3. The molecule has 8 heteroatoms. The largest absolute Gasteiger partial charge is 0.396 e. The Labute approximate surface area is 206 Å². The number of aliphatic hydroxyl groups is 1. The molecule has 7 nitrogen and oxygen atoms in total. The van der Waals surface area contributed by atoms with Gasteiger partial charge in [-0.25, -0.2) is 0 Å². The van der Waals surface area contributed by atoms with Crippen LogP contribution < -0.4 is 10.6 Å². The lowest BCUT2D eigenvalue weighted by atomic mass is 9.68. The predicted octanol–water partition coefficient (Wildman–Crippen LogP) is 3.62. The number of rotatable bonds is 11. The van der Waals surface area contributed by atoms with E-state index in [4.69, 9.17) is 16.7 Å². The topological polar surface area (TPSA) is 98.7 Å². The molecule has 0 bridgehead atoms. The highest BCUT2D eigenvalue weighted by atomic mass is 35.5. The zero-order valence-electron chi connectivity index (χ0n) is 20.0. The highest BCUT2D eigenvalue weighted by Crippen LogP contribution is 2.45. The minimum atomic E-state index is -0.711. The number of benzene rings is 1. The molecular weight excluding hydrogens is 454 g/mol. The molecule has 1 fully saturated rings. The highest BCUT2D eigenvalue weighted by molar-refractivity contribution is 6.33. The molecule has 0 spiro atoms. The van der Waals surface area contributed by atoms with Gasteiger partial charge in [0.05, 0.1) is 22.5 Å². The summed E-state index contributed by atoms with van der Waals surface area (Å²) in [6, 6.07) is 6.31. The smallest absolute Gasteiger partial charge is 0.247 e. The molecule has 0 aromatic heterocycles. The predicted molar refractivity (Wildman–Crippen MR) is 133 cm³/mol. The highest BCUT2D eigenvalue weighted by Gasteiger charge is 2.56. The van der Waals surface area contributed by atoms with Crippen LogP contribution in [0.1, 0.15) is 45.4 Å². The van der Waals surface area contributed by atoms with Gasteiger partial charge in [0.2, 0.25) is 17.7 Å². The van der Waals surface area contributed by atoms with Gasteiger partial charge in [-0.3, -0.25) is 14.4 Å². The van der Waals surface area contributed by atoms with Crippen LogP contribution in [0.4, 0.5) is 5.69 Å². The average molecular weight is 490 g/mol. The van der Waals surface area contributed by atoms with Crippen molar-refractivity contribution in [2.24, 2.45) is 23.7 Å². The summed E-state index contributed by atoms with van der Waals surface area (Å²) >= 11 is 6.26. The fourth-order valence-corrected chi connectivity index (χ4v) is 5.57. The van der Waals surface area contributed by atoms with Crippen molar-refractivity contribution in [2.45, 2.75) is 51.5 Å². The number of hydrogen-bond acceptors (Lipinski definition) is 4. The Morgan fingerprint density at radius 2 is 1.82 bits per heavy atom.